The Morgan fingerprint density at radius 2 is 2.00 bits per heavy atom. The zero-order chi connectivity index (χ0) is 15.2. The third kappa shape index (κ3) is 4.58. The van der Waals surface area contributed by atoms with Gasteiger partial charge < -0.3 is 15.7 Å². The van der Waals surface area contributed by atoms with E-state index in [4.69, 9.17) is 15.7 Å². The summed E-state index contributed by atoms with van der Waals surface area (Å²) in [6.07, 6.45) is 0.500. The Hall–Kier alpha value is -0.900. The Bertz CT molecular complexity index is 418. The van der Waals surface area contributed by atoms with Gasteiger partial charge in [0.1, 0.15) is 0 Å². The highest BCUT2D eigenvalue weighted by Gasteiger charge is 2.29. The number of piperazine rings is 1. The fraction of sp³-hybridized carbons (Fsp3) is 0.909. The van der Waals surface area contributed by atoms with Crippen molar-refractivity contribution in [2.45, 2.75) is 19.4 Å². The van der Waals surface area contributed by atoms with Crippen molar-refractivity contribution in [1.82, 2.24) is 9.21 Å². The second kappa shape index (κ2) is 7.77. The van der Waals surface area contributed by atoms with Gasteiger partial charge in [0.25, 0.3) is 0 Å². The summed E-state index contributed by atoms with van der Waals surface area (Å²) in [7, 11) is -1.66. The Morgan fingerprint density at radius 1 is 1.40 bits per heavy atom. The van der Waals surface area contributed by atoms with Crippen molar-refractivity contribution in [2.24, 2.45) is 10.9 Å². The standard InChI is InChI=1S/C11H24N4O4S/c1-10(11(12)13-16)14-4-6-15(7-5-14)20(17,18)9-3-8-19-2/h10,16H,3-9H2,1-2H3,(H2,12,13). The van der Waals surface area contributed by atoms with E-state index in [1.807, 2.05) is 11.8 Å². The Morgan fingerprint density at radius 3 is 2.50 bits per heavy atom. The lowest BCUT2D eigenvalue weighted by Crippen LogP contribution is -2.54. The first-order chi connectivity index (χ1) is 9.42. The highest BCUT2D eigenvalue weighted by Crippen LogP contribution is 2.11. The van der Waals surface area contributed by atoms with Crippen LogP contribution in [0, 0.1) is 0 Å². The number of amidine groups is 1. The average molecular weight is 308 g/mol. The molecule has 1 rings (SSSR count). The third-order valence-corrected chi connectivity index (χ3v) is 5.47. The van der Waals surface area contributed by atoms with Crippen LogP contribution in [-0.2, 0) is 14.8 Å². The van der Waals surface area contributed by atoms with Gasteiger partial charge in [0.15, 0.2) is 5.84 Å². The quantitative estimate of drug-likeness (QED) is 0.207. The molecule has 20 heavy (non-hydrogen) atoms. The van der Waals surface area contributed by atoms with Crippen LogP contribution in [0.3, 0.4) is 0 Å². The van der Waals surface area contributed by atoms with Crippen LogP contribution in [0.25, 0.3) is 0 Å². The molecule has 9 heteroatoms. The molecule has 0 saturated carbocycles. The van der Waals surface area contributed by atoms with Crippen LogP contribution in [0.5, 0.6) is 0 Å². The number of rotatable bonds is 7. The van der Waals surface area contributed by atoms with Gasteiger partial charge >= 0.3 is 0 Å². The van der Waals surface area contributed by atoms with E-state index in [-0.39, 0.29) is 17.6 Å². The Labute approximate surface area is 120 Å². The van der Waals surface area contributed by atoms with Crippen molar-refractivity contribution >= 4 is 15.9 Å². The molecule has 0 spiro atoms. The number of hydrogen-bond donors (Lipinski definition) is 2. The Balaban J connectivity index is 2.49. The molecule has 8 nitrogen and oxygen atoms in total. The summed E-state index contributed by atoms with van der Waals surface area (Å²) in [4.78, 5) is 2.00. The molecule has 0 aromatic rings. The molecule has 1 saturated heterocycles. The summed E-state index contributed by atoms with van der Waals surface area (Å²) in [5.74, 6) is 0.248. The molecular formula is C11H24N4O4S. The van der Waals surface area contributed by atoms with Gasteiger partial charge in [-0.2, -0.15) is 4.31 Å². The molecule has 1 atom stereocenters. The molecule has 1 heterocycles. The van der Waals surface area contributed by atoms with Crippen LogP contribution in [0.1, 0.15) is 13.3 Å². The zero-order valence-electron chi connectivity index (χ0n) is 12.0. The molecule has 0 amide bonds. The molecule has 0 bridgehead atoms. The van der Waals surface area contributed by atoms with Gasteiger partial charge in [-0.3, -0.25) is 4.90 Å². The minimum Gasteiger partial charge on any atom is -0.409 e. The predicted octanol–water partition coefficient (Wildman–Crippen LogP) is -0.895. The van der Waals surface area contributed by atoms with E-state index in [0.29, 0.717) is 39.2 Å². The number of hydrogen-bond acceptors (Lipinski definition) is 6. The van der Waals surface area contributed by atoms with Crippen LogP contribution in [0.4, 0.5) is 0 Å². The van der Waals surface area contributed by atoms with Crippen molar-refractivity contribution in [2.75, 3.05) is 45.6 Å². The van der Waals surface area contributed by atoms with Gasteiger partial charge in [-0.05, 0) is 13.3 Å². The van der Waals surface area contributed by atoms with E-state index in [1.54, 1.807) is 7.11 Å². The van der Waals surface area contributed by atoms with Crippen LogP contribution >= 0.6 is 0 Å². The van der Waals surface area contributed by atoms with E-state index in [2.05, 4.69) is 5.16 Å². The van der Waals surface area contributed by atoms with E-state index in [1.165, 1.54) is 4.31 Å². The summed E-state index contributed by atoms with van der Waals surface area (Å²) in [5.41, 5.74) is 5.56. The SMILES string of the molecule is COCCCS(=O)(=O)N1CCN(C(C)C(N)=NO)CC1. The molecular weight excluding hydrogens is 284 g/mol. The maximum absolute atomic E-state index is 12.1. The number of methoxy groups -OCH3 is 1. The lowest BCUT2D eigenvalue weighted by molar-refractivity contribution is 0.170. The van der Waals surface area contributed by atoms with Crippen LogP contribution < -0.4 is 5.73 Å². The number of nitrogens with two attached hydrogens (primary N) is 1. The van der Waals surface area contributed by atoms with Gasteiger partial charge in [-0.15, -0.1) is 0 Å². The molecule has 1 aliphatic rings. The summed E-state index contributed by atoms with van der Waals surface area (Å²) < 4.78 is 30.5. The van der Waals surface area contributed by atoms with E-state index in [0.717, 1.165) is 0 Å². The van der Waals surface area contributed by atoms with Crippen molar-refractivity contribution in [3.8, 4) is 0 Å². The third-order valence-electron chi connectivity index (χ3n) is 3.51. The molecule has 0 aromatic carbocycles. The van der Waals surface area contributed by atoms with Crippen molar-refractivity contribution in [3.63, 3.8) is 0 Å². The number of ether oxygens (including phenoxy) is 1. The minimum absolute atomic E-state index is 0.108. The van der Waals surface area contributed by atoms with E-state index >= 15 is 0 Å². The molecule has 0 radical (unpaired) electrons. The topological polar surface area (TPSA) is 108 Å². The first kappa shape index (κ1) is 17.2. The zero-order valence-corrected chi connectivity index (χ0v) is 12.8. The van der Waals surface area contributed by atoms with Crippen molar-refractivity contribution in [1.29, 1.82) is 0 Å². The Kier molecular flexibility index (Phi) is 6.66. The lowest BCUT2D eigenvalue weighted by atomic mass is 10.2. The van der Waals surface area contributed by atoms with Crippen LogP contribution in [-0.4, -0.2) is 80.4 Å². The second-order valence-corrected chi connectivity index (χ2v) is 6.89. The molecule has 1 aliphatic heterocycles. The van der Waals surface area contributed by atoms with Gasteiger partial charge in [-0.25, -0.2) is 8.42 Å². The summed E-state index contributed by atoms with van der Waals surface area (Å²) in [6, 6.07) is -0.196. The largest absolute Gasteiger partial charge is 0.409 e. The smallest absolute Gasteiger partial charge is 0.214 e. The maximum Gasteiger partial charge on any atom is 0.214 e. The highest BCUT2D eigenvalue weighted by atomic mass is 32.2. The maximum atomic E-state index is 12.1. The number of sulfonamides is 1. The normalized spacial score (nSPS) is 21.0. The molecule has 0 aliphatic carbocycles. The van der Waals surface area contributed by atoms with Crippen LogP contribution in [0.15, 0.2) is 5.16 Å². The molecule has 1 fully saturated rings. The minimum atomic E-state index is -3.21. The molecule has 3 N–H and O–H groups in total. The number of oxime groups is 1. The van der Waals surface area contributed by atoms with E-state index < -0.39 is 10.0 Å². The molecule has 118 valence electrons. The van der Waals surface area contributed by atoms with E-state index in [9.17, 15) is 8.42 Å². The highest BCUT2D eigenvalue weighted by molar-refractivity contribution is 7.89. The monoisotopic (exact) mass is 308 g/mol. The van der Waals surface area contributed by atoms with Gasteiger partial charge in [0.2, 0.25) is 10.0 Å². The first-order valence-electron chi connectivity index (χ1n) is 6.60. The molecule has 0 aromatic heterocycles. The lowest BCUT2D eigenvalue weighted by Gasteiger charge is -2.36. The number of nitrogens with zero attached hydrogens (tertiary/aromatic N) is 3. The predicted molar refractivity (Wildman–Crippen MR) is 76.3 cm³/mol. The van der Waals surface area contributed by atoms with Crippen molar-refractivity contribution < 1.29 is 18.4 Å². The summed E-state index contributed by atoms with van der Waals surface area (Å²) >= 11 is 0. The molecule has 1 unspecified atom stereocenters. The van der Waals surface area contributed by atoms with Crippen LogP contribution in [0.2, 0.25) is 0 Å². The summed E-state index contributed by atoms with van der Waals surface area (Å²) in [6.45, 7) is 4.27. The fourth-order valence-corrected chi connectivity index (χ4v) is 3.61. The van der Waals surface area contributed by atoms with Crippen molar-refractivity contribution in [3.05, 3.63) is 0 Å². The van der Waals surface area contributed by atoms with Gasteiger partial charge in [-0.1, -0.05) is 5.16 Å². The summed E-state index contributed by atoms with van der Waals surface area (Å²) in [5, 5.41) is 11.6. The first-order valence-corrected chi connectivity index (χ1v) is 8.21. The average Bonchev–Trinajstić information content (AvgIpc) is 2.46. The fourth-order valence-electron chi connectivity index (χ4n) is 2.15. The van der Waals surface area contributed by atoms with Gasteiger partial charge in [0.05, 0.1) is 11.8 Å². The second-order valence-electron chi connectivity index (χ2n) is 4.80. The van der Waals surface area contributed by atoms with Gasteiger partial charge in [0, 0.05) is 39.9 Å².